The third kappa shape index (κ3) is 2.32. The Labute approximate surface area is 126 Å². The van der Waals surface area contributed by atoms with Gasteiger partial charge in [-0.05, 0) is 44.4 Å². The van der Waals surface area contributed by atoms with E-state index in [2.05, 4.69) is 19.2 Å². The lowest BCUT2D eigenvalue weighted by atomic mass is 9.81. The summed E-state index contributed by atoms with van der Waals surface area (Å²) in [5, 5.41) is 5.17. The highest BCUT2D eigenvalue weighted by atomic mass is 32.1. The molecule has 2 aliphatic rings. The average molecular weight is 294 g/mol. The molecule has 0 spiro atoms. The van der Waals surface area contributed by atoms with Crippen molar-refractivity contribution in [1.29, 1.82) is 0 Å². The smallest absolute Gasteiger partial charge is 0.114 e. The van der Waals surface area contributed by atoms with E-state index >= 15 is 0 Å². The Morgan fingerprint density at radius 3 is 2.85 bits per heavy atom. The molecular weight excluding hydrogens is 268 g/mol. The Hall–Kier alpha value is -0.450. The number of hydrogen-bond donors (Lipinski definition) is 1. The van der Waals surface area contributed by atoms with E-state index in [0.717, 1.165) is 31.4 Å². The van der Waals surface area contributed by atoms with Crippen LogP contribution < -0.4 is 5.32 Å². The summed E-state index contributed by atoms with van der Waals surface area (Å²) < 4.78 is 5.23. The van der Waals surface area contributed by atoms with Gasteiger partial charge in [-0.1, -0.05) is 13.3 Å². The summed E-state index contributed by atoms with van der Waals surface area (Å²) in [6.07, 6.45) is 6.50. The monoisotopic (exact) mass is 294 g/mol. The molecule has 2 bridgehead atoms. The van der Waals surface area contributed by atoms with Crippen LogP contribution in [0.1, 0.15) is 48.2 Å². The number of nitrogens with one attached hydrogen (secondary N) is 1. The maximum absolute atomic E-state index is 5.23. The first-order chi connectivity index (χ1) is 9.69. The molecule has 2 fully saturated rings. The highest BCUT2D eigenvalue weighted by molar-refractivity contribution is 7.11. The van der Waals surface area contributed by atoms with Crippen molar-refractivity contribution >= 4 is 11.3 Å². The Bertz CT molecular complexity index is 473. The normalized spacial score (nSPS) is 32.1. The molecule has 0 aliphatic heterocycles. The summed E-state index contributed by atoms with van der Waals surface area (Å²) in [6.45, 7) is 6.14. The van der Waals surface area contributed by atoms with Crippen LogP contribution in [0.5, 0.6) is 0 Å². The average Bonchev–Trinajstić information content (AvgIpc) is 3.13. The van der Waals surface area contributed by atoms with E-state index in [1.165, 1.54) is 41.3 Å². The first-order valence-electron chi connectivity index (χ1n) is 7.90. The summed E-state index contributed by atoms with van der Waals surface area (Å²) in [4.78, 5) is 6.40. The molecule has 0 aromatic carbocycles. The lowest BCUT2D eigenvalue weighted by Gasteiger charge is -2.37. The molecule has 1 heterocycles. The highest BCUT2D eigenvalue weighted by Gasteiger charge is 2.53. The second-order valence-corrected chi connectivity index (χ2v) is 7.55. The van der Waals surface area contributed by atoms with Crippen LogP contribution in [0, 0.1) is 18.8 Å². The number of fused-ring (bicyclic) bond motifs is 2. The van der Waals surface area contributed by atoms with Crippen molar-refractivity contribution in [2.24, 2.45) is 11.8 Å². The number of thiazole rings is 1. The number of aryl methyl sites for hydroxylation is 2. The van der Waals surface area contributed by atoms with E-state index in [1.54, 1.807) is 7.11 Å². The van der Waals surface area contributed by atoms with Gasteiger partial charge in [0.2, 0.25) is 0 Å². The number of ether oxygens (including phenoxy) is 1. The first-order valence-corrected chi connectivity index (χ1v) is 8.72. The van der Waals surface area contributed by atoms with Crippen LogP contribution in [0.15, 0.2) is 0 Å². The van der Waals surface area contributed by atoms with Gasteiger partial charge in [0, 0.05) is 18.5 Å². The van der Waals surface area contributed by atoms with Crippen LogP contribution in [-0.4, -0.2) is 25.2 Å². The van der Waals surface area contributed by atoms with Crippen LogP contribution in [0.25, 0.3) is 0 Å². The first kappa shape index (κ1) is 14.5. The fourth-order valence-electron chi connectivity index (χ4n) is 4.21. The molecule has 20 heavy (non-hydrogen) atoms. The van der Waals surface area contributed by atoms with Crippen molar-refractivity contribution in [3.63, 3.8) is 0 Å². The summed E-state index contributed by atoms with van der Waals surface area (Å²) in [6, 6.07) is 0. The molecule has 4 heteroatoms. The zero-order chi connectivity index (χ0) is 14.2. The molecule has 0 amide bonds. The standard InChI is InChI=1S/C16H26N2OS/c1-4-14-11(2)20-15(18-14)16(17-7-8-19-3)10-12-5-6-13(16)9-12/h12-13,17H,4-10H2,1-3H3. The van der Waals surface area contributed by atoms with Crippen molar-refractivity contribution in [3.8, 4) is 0 Å². The minimum atomic E-state index is 0.143. The highest BCUT2D eigenvalue weighted by Crippen LogP contribution is 2.56. The topological polar surface area (TPSA) is 34.2 Å². The largest absolute Gasteiger partial charge is 0.383 e. The van der Waals surface area contributed by atoms with Gasteiger partial charge in [-0.15, -0.1) is 11.3 Å². The van der Waals surface area contributed by atoms with Crippen molar-refractivity contribution in [2.75, 3.05) is 20.3 Å². The maximum atomic E-state index is 5.23. The molecular formula is C16H26N2OS. The Balaban J connectivity index is 1.88. The Morgan fingerprint density at radius 1 is 1.45 bits per heavy atom. The van der Waals surface area contributed by atoms with Gasteiger partial charge in [0.25, 0.3) is 0 Å². The predicted molar refractivity (Wildman–Crippen MR) is 83.2 cm³/mol. The number of hydrogen-bond acceptors (Lipinski definition) is 4. The van der Waals surface area contributed by atoms with Gasteiger partial charge in [0.15, 0.2) is 0 Å². The van der Waals surface area contributed by atoms with Crippen LogP contribution in [0.4, 0.5) is 0 Å². The van der Waals surface area contributed by atoms with Gasteiger partial charge < -0.3 is 10.1 Å². The lowest BCUT2D eigenvalue weighted by molar-refractivity contribution is 0.157. The SMILES string of the molecule is CCc1nc(C2(NCCOC)CC3CCC2C3)sc1C. The summed E-state index contributed by atoms with van der Waals surface area (Å²) in [5.41, 5.74) is 1.44. The molecule has 3 atom stereocenters. The van der Waals surface area contributed by atoms with Crippen molar-refractivity contribution in [1.82, 2.24) is 10.3 Å². The van der Waals surface area contributed by atoms with Gasteiger partial charge >= 0.3 is 0 Å². The van der Waals surface area contributed by atoms with E-state index in [-0.39, 0.29) is 5.54 Å². The van der Waals surface area contributed by atoms with E-state index < -0.39 is 0 Å². The number of methoxy groups -OCH3 is 1. The quantitative estimate of drug-likeness (QED) is 0.818. The second-order valence-electron chi connectivity index (χ2n) is 6.35. The van der Waals surface area contributed by atoms with Crippen LogP contribution >= 0.6 is 11.3 Å². The van der Waals surface area contributed by atoms with E-state index in [9.17, 15) is 0 Å². The molecule has 1 N–H and O–H groups in total. The Morgan fingerprint density at radius 2 is 2.30 bits per heavy atom. The minimum Gasteiger partial charge on any atom is -0.383 e. The molecule has 112 valence electrons. The molecule has 0 radical (unpaired) electrons. The van der Waals surface area contributed by atoms with Crippen LogP contribution in [-0.2, 0) is 16.7 Å². The fraction of sp³-hybridized carbons (Fsp3) is 0.812. The van der Waals surface area contributed by atoms with Crippen LogP contribution in [0.2, 0.25) is 0 Å². The fourth-order valence-corrected chi connectivity index (χ4v) is 5.46. The second kappa shape index (κ2) is 5.74. The lowest BCUT2D eigenvalue weighted by Crippen LogP contribution is -2.47. The van der Waals surface area contributed by atoms with Gasteiger partial charge in [-0.25, -0.2) is 4.98 Å². The molecule has 2 aliphatic carbocycles. The molecule has 1 aromatic rings. The maximum Gasteiger partial charge on any atom is 0.114 e. The molecule has 2 saturated carbocycles. The zero-order valence-electron chi connectivity index (χ0n) is 12.9. The summed E-state index contributed by atoms with van der Waals surface area (Å²) in [7, 11) is 1.78. The minimum absolute atomic E-state index is 0.143. The van der Waals surface area contributed by atoms with Crippen molar-refractivity contribution in [2.45, 2.75) is 51.5 Å². The molecule has 3 unspecified atom stereocenters. The van der Waals surface area contributed by atoms with E-state index in [4.69, 9.17) is 9.72 Å². The molecule has 0 saturated heterocycles. The zero-order valence-corrected chi connectivity index (χ0v) is 13.7. The van der Waals surface area contributed by atoms with Gasteiger partial charge in [-0.2, -0.15) is 0 Å². The van der Waals surface area contributed by atoms with Crippen molar-refractivity contribution in [3.05, 3.63) is 15.6 Å². The summed E-state index contributed by atoms with van der Waals surface area (Å²) >= 11 is 1.92. The molecule has 3 nitrogen and oxygen atoms in total. The molecule has 3 rings (SSSR count). The Kier molecular flexibility index (Phi) is 4.16. The van der Waals surface area contributed by atoms with Crippen molar-refractivity contribution < 1.29 is 4.74 Å². The third-order valence-electron chi connectivity index (χ3n) is 5.20. The summed E-state index contributed by atoms with van der Waals surface area (Å²) in [5.74, 6) is 1.68. The molecule has 1 aromatic heterocycles. The van der Waals surface area contributed by atoms with Crippen LogP contribution in [0.3, 0.4) is 0 Å². The van der Waals surface area contributed by atoms with E-state index in [1.807, 2.05) is 11.3 Å². The number of nitrogens with zero attached hydrogens (tertiary/aromatic N) is 1. The van der Waals surface area contributed by atoms with Gasteiger partial charge in [0.05, 0.1) is 17.8 Å². The van der Waals surface area contributed by atoms with Gasteiger partial charge in [0.1, 0.15) is 5.01 Å². The number of aromatic nitrogens is 1. The van der Waals surface area contributed by atoms with Gasteiger partial charge in [-0.3, -0.25) is 0 Å². The third-order valence-corrected chi connectivity index (χ3v) is 6.40. The predicted octanol–water partition coefficient (Wildman–Crippen LogP) is 3.27. The van der Waals surface area contributed by atoms with E-state index in [0.29, 0.717) is 0 Å². The number of rotatable bonds is 6.